The minimum atomic E-state index is 0.0273. The van der Waals surface area contributed by atoms with Crippen molar-refractivity contribution < 1.29 is 4.52 Å². The fourth-order valence-corrected chi connectivity index (χ4v) is 0.995. The third kappa shape index (κ3) is 2.31. The van der Waals surface area contributed by atoms with Crippen molar-refractivity contribution in [1.82, 2.24) is 5.16 Å². The van der Waals surface area contributed by atoms with Crippen molar-refractivity contribution in [3.8, 4) is 0 Å². The Hall–Kier alpha value is -0.830. The summed E-state index contributed by atoms with van der Waals surface area (Å²) in [6.07, 6.45) is 0. The zero-order chi connectivity index (χ0) is 10.1. The van der Waals surface area contributed by atoms with E-state index in [9.17, 15) is 0 Å². The van der Waals surface area contributed by atoms with Crippen LogP contribution in [0.15, 0.2) is 10.6 Å². The first-order valence-corrected chi connectivity index (χ1v) is 4.62. The van der Waals surface area contributed by atoms with Crippen molar-refractivity contribution in [2.75, 3.05) is 6.54 Å². The Morgan fingerprint density at radius 2 is 2.15 bits per heavy atom. The van der Waals surface area contributed by atoms with Crippen LogP contribution in [0.3, 0.4) is 0 Å². The van der Waals surface area contributed by atoms with E-state index in [1.54, 1.807) is 0 Å². The molecule has 0 spiro atoms. The van der Waals surface area contributed by atoms with E-state index >= 15 is 0 Å². The summed E-state index contributed by atoms with van der Waals surface area (Å²) in [6.45, 7) is 8.96. The van der Waals surface area contributed by atoms with E-state index in [2.05, 4.69) is 25.9 Å². The summed E-state index contributed by atoms with van der Waals surface area (Å²) in [4.78, 5) is 0. The summed E-state index contributed by atoms with van der Waals surface area (Å²) in [6, 6.07) is 2.00. The predicted molar refractivity (Wildman–Crippen MR) is 52.7 cm³/mol. The highest BCUT2D eigenvalue weighted by Crippen LogP contribution is 2.24. The van der Waals surface area contributed by atoms with Crippen LogP contribution in [0.2, 0.25) is 0 Å². The van der Waals surface area contributed by atoms with Crippen LogP contribution in [-0.2, 0) is 5.41 Å². The van der Waals surface area contributed by atoms with Gasteiger partial charge in [-0.2, -0.15) is 0 Å². The molecule has 0 aliphatic heterocycles. The lowest BCUT2D eigenvalue weighted by Crippen LogP contribution is -2.10. The molecule has 0 aromatic carbocycles. The second-order valence-corrected chi connectivity index (χ2v) is 4.50. The van der Waals surface area contributed by atoms with Gasteiger partial charge in [0.15, 0.2) is 0 Å². The maximum Gasteiger partial charge on any atom is 0.142 e. The molecule has 3 nitrogen and oxygen atoms in total. The van der Waals surface area contributed by atoms with Gasteiger partial charge in [0.05, 0.1) is 5.69 Å². The molecule has 0 aliphatic carbocycles. The molecule has 0 saturated heterocycles. The molecule has 1 rings (SSSR count). The molecule has 1 unspecified atom stereocenters. The highest BCUT2D eigenvalue weighted by Gasteiger charge is 2.20. The molecule has 1 heterocycles. The summed E-state index contributed by atoms with van der Waals surface area (Å²) in [5, 5.41) is 4.00. The monoisotopic (exact) mass is 182 g/mol. The van der Waals surface area contributed by atoms with Gasteiger partial charge in [0, 0.05) is 23.9 Å². The predicted octanol–water partition coefficient (Wildman–Crippen LogP) is 2.03. The molecule has 0 bridgehead atoms. The van der Waals surface area contributed by atoms with Gasteiger partial charge in [0.1, 0.15) is 5.76 Å². The van der Waals surface area contributed by atoms with E-state index in [0.29, 0.717) is 6.54 Å². The first kappa shape index (κ1) is 10.3. The van der Waals surface area contributed by atoms with Crippen molar-refractivity contribution in [2.24, 2.45) is 5.73 Å². The lowest BCUT2D eigenvalue weighted by molar-refractivity contribution is 0.324. The quantitative estimate of drug-likeness (QED) is 0.761. The maximum absolute atomic E-state index is 5.54. The molecular weight excluding hydrogens is 164 g/mol. The summed E-state index contributed by atoms with van der Waals surface area (Å²) in [5.74, 6) is 1.20. The smallest absolute Gasteiger partial charge is 0.142 e. The Labute approximate surface area is 79.3 Å². The molecule has 0 aliphatic rings. The van der Waals surface area contributed by atoms with Crippen LogP contribution in [0.1, 0.15) is 45.1 Å². The lowest BCUT2D eigenvalue weighted by atomic mass is 9.92. The Balaban J connectivity index is 2.87. The van der Waals surface area contributed by atoms with E-state index < -0.39 is 0 Å². The van der Waals surface area contributed by atoms with Gasteiger partial charge in [-0.3, -0.25) is 0 Å². The molecule has 3 heteroatoms. The van der Waals surface area contributed by atoms with Gasteiger partial charge in [0.2, 0.25) is 0 Å². The van der Waals surface area contributed by atoms with Crippen LogP contribution in [-0.4, -0.2) is 11.7 Å². The van der Waals surface area contributed by atoms with Crippen molar-refractivity contribution in [3.63, 3.8) is 0 Å². The van der Waals surface area contributed by atoms with Gasteiger partial charge in [0.25, 0.3) is 0 Å². The zero-order valence-electron chi connectivity index (χ0n) is 8.79. The Morgan fingerprint density at radius 3 is 2.54 bits per heavy atom. The average molecular weight is 182 g/mol. The largest absolute Gasteiger partial charge is 0.361 e. The van der Waals surface area contributed by atoms with Crippen molar-refractivity contribution >= 4 is 0 Å². The zero-order valence-corrected chi connectivity index (χ0v) is 8.79. The minimum absolute atomic E-state index is 0.0273. The number of hydrogen-bond acceptors (Lipinski definition) is 3. The molecule has 1 atom stereocenters. The Morgan fingerprint density at radius 1 is 1.54 bits per heavy atom. The van der Waals surface area contributed by atoms with Gasteiger partial charge < -0.3 is 10.3 Å². The van der Waals surface area contributed by atoms with Crippen molar-refractivity contribution in [2.45, 2.75) is 39.0 Å². The number of hydrogen-bond donors (Lipinski definition) is 1. The minimum Gasteiger partial charge on any atom is -0.361 e. The third-order valence-corrected chi connectivity index (χ3v) is 2.13. The van der Waals surface area contributed by atoms with E-state index in [1.165, 1.54) is 0 Å². The normalized spacial score (nSPS) is 14.5. The molecule has 13 heavy (non-hydrogen) atoms. The van der Waals surface area contributed by atoms with Crippen molar-refractivity contribution in [1.29, 1.82) is 0 Å². The third-order valence-electron chi connectivity index (χ3n) is 2.13. The van der Waals surface area contributed by atoms with E-state index in [1.807, 2.05) is 13.0 Å². The molecule has 0 radical (unpaired) electrons. The molecule has 0 fully saturated rings. The second-order valence-electron chi connectivity index (χ2n) is 4.50. The highest BCUT2D eigenvalue weighted by atomic mass is 16.5. The number of aromatic nitrogens is 1. The molecule has 0 saturated carbocycles. The van der Waals surface area contributed by atoms with E-state index in [-0.39, 0.29) is 11.3 Å². The van der Waals surface area contributed by atoms with Gasteiger partial charge in [-0.05, 0) is 0 Å². The molecule has 2 N–H and O–H groups in total. The highest BCUT2D eigenvalue weighted by molar-refractivity contribution is 5.15. The van der Waals surface area contributed by atoms with Gasteiger partial charge >= 0.3 is 0 Å². The molecule has 0 amide bonds. The lowest BCUT2D eigenvalue weighted by Gasteiger charge is -2.12. The molecule has 1 aromatic rings. The molecular formula is C10H18N2O. The van der Waals surface area contributed by atoms with Crippen LogP contribution >= 0.6 is 0 Å². The van der Waals surface area contributed by atoms with Crippen LogP contribution in [0.25, 0.3) is 0 Å². The Kier molecular flexibility index (Phi) is 2.76. The van der Waals surface area contributed by atoms with Gasteiger partial charge in [-0.15, -0.1) is 0 Å². The summed E-state index contributed by atoms with van der Waals surface area (Å²) in [7, 11) is 0. The van der Waals surface area contributed by atoms with E-state index in [4.69, 9.17) is 10.3 Å². The molecule has 1 aromatic heterocycles. The fraction of sp³-hybridized carbons (Fsp3) is 0.700. The summed E-state index contributed by atoms with van der Waals surface area (Å²) < 4.78 is 5.25. The Bertz CT molecular complexity index is 273. The summed E-state index contributed by atoms with van der Waals surface area (Å²) >= 11 is 0. The van der Waals surface area contributed by atoms with Crippen LogP contribution in [0.5, 0.6) is 0 Å². The SMILES string of the molecule is CC(CN)c1cc(C(C)(C)C)on1. The molecule has 74 valence electrons. The van der Waals surface area contributed by atoms with Crippen LogP contribution in [0, 0.1) is 0 Å². The standard InChI is InChI=1S/C10H18N2O/c1-7(6-11)8-5-9(13-12-8)10(2,3)4/h5,7H,6,11H2,1-4H3. The number of nitrogens with zero attached hydrogens (tertiary/aromatic N) is 1. The number of nitrogens with two attached hydrogens (primary N) is 1. The van der Waals surface area contributed by atoms with Crippen LogP contribution < -0.4 is 5.73 Å². The fourth-order valence-electron chi connectivity index (χ4n) is 0.995. The maximum atomic E-state index is 5.54. The average Bonchev–Trinajstić information content (AvgIpc) is 2.50. The van der Waals surface area contributed by atoms with Crippen molar-refractivity contribution in [3.05, 3.63) is 17.5 Å². The van der Waals surface area contributed by atoms with E-state index in [0.717, 1.165) is 11.5 Å². The number of rotatable bonds is 2. The van der Waals surface area contributed by atoms with Gasteiger partial charge in [-0.25, -0.2) is 0 Å². The second kappa shape index (κ2) is 3.50. The first-order valence-electron chi connectivity index (χ1n) is 4.62. The first-order chi connectivity index (χ1) is 5.95. The van der Waals surface area contributed by atoms with Gasteiger partial charge in [-0.1, -0.05) is 32.9 Å². The summed E-state index contributed by atoms with van der Waals surface area (Å²) in [5.41, 5.74) is 6.52. The topological polar surface area (TPSA) is 52.0 Å². The van der Waals surface area contributed by atoms with Crippen LogP contribution in [0.4, 0.5) is 0 Å².